The van der Waals surface area contributed by atoms with Gasteiger partial charge in [0.15, 0.2) is 11.9 Å². The third-order valence-corrected chi connectivity index (χ3v) is 4.35. The van der Waals surface area contributed by atoms with Crippen molar-refractivity contribution in [2.45, 2.75) is 19.8 Å². The van der Waals surface area contributed by atoms with Gasteiger partial charge in [-0.2, -0.15) is 0 Å². The molecule has 2 aromatic rings. The Morgan fingerprint density at radius 1 is 1.41 bits per heavy atom. The number of phenols is 1. The van der Waals surface area contributed by atoms with Crippen LogP contribution in [0.5, 0.6) is 11.5 Å². The Balaban J connectivity index is 2.36. The lowest BCUT2D eigenvalue weighted by Crippen LogP contribution is -2.31. The second kappa shape index (κ2) is 8.68. The minimum absolute atomic E-state index is 0.0245. The molecule has 0 unspecified atom stereocenters. The number of rotatable bonds is 8. The molecular formula is C19H24N2O6. The molecule has 0 atom stereocenters. The molecule has 0 saturated heterocycles. The topological polar surface area (TPSA) is 109 Å². The molecule has 8 heteroatoms. The average molecular weight is 376 g/mol. The maximum absolute atomic E-state index is 12.4. The molecule has 2 rings (SSSR count). The zero-order valence-corrected chi connectivity index (χ0v) is 15.9. The summed E-state index contributed by atoms with van der Waals surface area (Å²) >= 11 is 0. The number of aryl methyl sites for hydroxylation is 1. The normalized spacial score (nSPS) is 11.0. The number of nitrogens with one attached hydrogen (secondary N) is 1. The van der Waals surface area contributed by atoms with E-state index in [1.54, 1.807) is 6.92 Å². The number of nitrogens with zero attached hydrogens (tertiary/aromatic N) is 1. The minimum Gasteiger partial charge on any atom is -0.507 e. The van der Waals surface area contributed by atoms with Crippen molar-refractivity contribution in [3.05, 3.63) is 33.2 Å². The average Bonchev–Trinajstić information content (AvgIpc) is 2.60. The van der Waals surface area contributed by atoms with E-state index < -0.39 is 5.63 Å². The summed E-state index contributed by atoms with van der Waals surface area (Å²) in [6.07, 6.45) is 0.751. The van der Waals surface area contributed by atoms with Crippen molar-refractivity contribution in [1.82, 2.24) is 10.2 Å². The van der Waals surface area contributed by atoms with Gasteiger partial charge in [0.25, 0.3) is 0 Å². The third-order valence-electron chi connectivity index (χ3n) is 4.35. The second-order valence-electron chi connectivity index (χ2n) is 6.48. The Labute approximate surface area is 156 Å². The van der Waals surface area contributed by atoms with Crippen molar-refractivity contribution in [2.75, 3.05) is 34.3 Å². The van der Waals surface area contributed by atoms with Gasteiger partial charge in [0.2, 0.25) is 5.91 Å². The largest absolute Gasteiger partial charge is 0.507 e. The zero-order chi connectivity index (χ0) is 20.1. The summed E-state index contributed by atoms with van der Waals surface area (Å²) in [6.45, 7) is 2.94. The van der Waals surface area contributed by atoms with Gasteiger partial charge in [-0.05, 0) is 33.0 Å². The SMILES string of the molecule is COc1cc(O)c(C=O)c2oc(=O)c(CCC(=O)NCCN(C)C)c(C)c12. The molecule has 146 valence electrons. The van der Waals surface area contributed by atoms with Crippen LogP contribution in [0.25, 0.3) is 11.0 Å². The lowest BCUT2D eigenvalue weighted by Gasteiger charge is -2.13. The van der Waals surface area contributed by atoms with Crippen LogP contribution in [-0.4, -0.2) is 56.5 Å². The van der Waals surface area contributed by atoms with Gasteiger partial charge in [-0.15, -0.1) is 0 Å². The van der Waals surface area contributed by atoms with Gasteiger partial charge in [-0.25, -0.2) is 4.79 Å². The maximum Gasteiger partial charge on any atom is 0.339 e. The number of carbonyl (C=O) groups excluding carboxylic acids is 2. The van der Waals surface area contributed by atoms with Crippen LogP contribution in [0.3, 0.4) is 0 Å². The molecule has 0 radical (unpaired) electrons. The van der Waals surface area contributed by atoms with Gasteiger partial charge in [0, 0.05) is 31.1 Å². The first-order valence-electron chi connectivity index (χ1n) is 8.53. The fraction of sp³-hybridized carbons (Fsp3) is 0.421. The van der Waals surface area contributed by atoms with Crippen LogP contribution >= 0.6 is 0 Å². The van der Waals surface area contributed by atoms with Crippen molar-refractivity contribution in [3.63, 3.8) is 0 Å². The number of aldehydes is 1. The number of hydrogen-bond donors (Lipinski definition) is 2. The molecule has 0 aliphatic rings. The number of likely N-dealkylation sites (N-methyl/N-ethyl adjacent to an activating group) is 1. The molecule has 1 amide bonds. The van der Waals surface area contributed by atoms with Crippen LogP contribution in [-0.2, 0) is 11.2 Å². The Morgan fingerprint density at radius 2 is 2.11 bits per heavy atom. The van der Waals surface area contributed by atoms with Crippen LogP contribution in [0.15, 0.2) is 15.3 Å². The first-order valence-corrected chi connectivity index (χ1v) is 8.53. The standard InChI is InChI=1S/C19H24N2O6/c1-11-12(5-6-16(24)20-7-8-21(2)3)19(25)27-18-13(10-22)14(23)9-15(26-4)17(11)18/h9-10,23H,5-8H2,1-4H3,(H,20,24). The first-order chi connectivity index (χ1) is 12.8. The number of amides is 1. The number of aromatic hydroxyl groups is 1. The third kappa shape index (κ3) is 4.46. The molecule has 0 fully saturated rings. The Hall–Kier alpha value is -2.87. The minimum atomic E-state index is -0.642. The van der Waals surface area contributed by atoms with E-state index in [1.165, 1.54) is 13.2 Å². The van der Waals surface area contributed by atoms with Crippen LogP contribution in [0.4, 0.5) is 0 Å². The van der Waals surface area contributed by atoms with Crippen molar-refractivity contribution < 1.29 is 23.8 Å². The lowest BCUT2D eigenvalue weighted by atomic mass is 9.99. The number of fused-ring (bicyclic) bond motifs is 1. The number of phenolic OH excluding ortho intramolecular Hbond substituents is 1. The molecular weight excluding hydrogens is 352 g/mol. The number of methoxy groups -OCH3 is 1. The van der Waals surface area contributed by atoms with Gasteiger partial charge >= 0.3 is 5.63 Å². The number of benzene rings is 1. The van der Waals surface area contributed by atoms with Crippen molar-refractivity contribution >= 4 is 23.2 Å². The Bertz CT molecular complexity index is 917. The monoisotopic (exact) mass is 376 g/mol. The molecule has 1 aromatic heterocycles. The molecule has 0 aliphatic carbocycles. The number of carbonyl (C=O) groups is 2. The zero-order valence-electron chi connectivity index (χ0n) is 15.9. The summed E-state index contributed by atoms with van der Waals surface area (Å²) in [5.74, 6) is -0.210. The lowest BCUT2D eigenvalue weighted by molar-refractivity contribution is -0.121. The van der Waals surface area contributed by atoms with Gasteiger partial charge in [0.05, 0.1) is 18.1 Å². The first kappa shape index (κ1) is 20.4. The van der Waals surface area contributed by atoms with Crippen LogP contribution in [0, 0.1) is 6.92 Å². The van der Waals surface area contributed by atoms with E-state index in [4.69, 9.17) is 9.15 Å². The van der Waals surface area contributed by atoms with E-state index >= 15 is 0 Å². The number of hydrogen-bond acceptors (Lipinski definition) is 7. The molecule has 0 aliphatic heterocycles. The second-order valence-corrected chi connectivity index (χ2v) is 6.48. The fourth-order valence-corrected chi connectivity index (χ4v) is 2.87. The predicted molar refractivity (Wildman–Crippen MR) is 101 cm³/mol. The van der Waals surface area contributed by atoms with Crippen molar-refractivity contribution in [3.8, 4) is 11.5 Å². The molecule has 0 bridgehead atoms. The van der Waals surface area contributed by atoms with Crippen LogP contribution < -0.4 is 15.7 Å². The van der Waals surface area contributed by atoms with E-state index in [0.29, 0.717) is 29.3 Å². The highest BCUT2D eigenvalue weighted by atomic mass is 16.5. The molecule has 1 aromatic carbocycles. The van der Waals surface area contributed by atoms with E-state index in [2.05, 4.69) is 5.32 Å². The smallest absolute Gasteiger partial charge is 0.339 e. The summed E-state index contributed by atoms with van der Waals surface area (Å²) in [7, 11) is 5.24. The highest BCUT2D eigenvalue weighted by Gasteiger charge is 2.21. The Kier molecular flexibility index (Phi) is 6.57. The molecule has 2 N–H and O–H groups in total. The van der Waals surface area contributed by atoms with E-state index in [1.807, 2.05) is 19.0 Å². The van der Waals surface area contributed by atoms with Crippen molar-refractivity contribution in [2.24, 2.45) is 0 Å². The van der Waals surface area contributed by atoms with E-state index in [0.717, 1.165) is 6.54 Å². The molecule has 8 nitrogen and oxygen atoms in total. The summed E-state index contributed by atoms with van der Waals surface area (Å²) < 4.78 is 10.6. The quantitative estimate of drug-likeness (QED) is 0.527. The molecule has 27 heavy (non-hydrogen) atoms. The highest BCUT2D eigenvalue weighted by Crippen LogP contribution is 2.36. The van der Waals surface area contributed by atoms with Crippen LogP contribution in [0.1, 0.15) is 27.9 Å². The Morgan fingerprint density at radius 3 is 2.70 bits per heavy atom. The number of ether oxygens (including phenoxy) is 1. The van der Waals surface area contributed by atoms with Crippen LogP contribution in [0.2, 0.25) is 0 Å². The highest BCUT2D eigenvalue weighted by molar-refractivity contribution is 6.01. The summed E-state index contributed by atoms with van der Waals surface area (Å²) in [6, 6.07) is 1.30. The van der Waals surface area contributed by atoms with Gasteiger partial charge in [-0.3, -0.25) is 9.59 Å². The summed E-state index contributed by atoms with van der Waals surface area (Å²) in [4.78, 5) is 37.6. The fourth-order valence-electron chi connectivity index (χ4n) is 2.87. The van der Waals surface area contributed by atoms with Gasteiger partial charge in [-0.1, -0.05) is 0 Å². The molecule has 0 spiro atoms. The van der Waals surface area contributed by atoms with Gasteiger partial charge in [0.1, 0.15) is 11.5 Å². The van der Waals surface area contributed by atoms with Gasteiger partial charge < -0.3 is 24.5 Å². The van der Waals surface area contributed by atoms with E-state index in [9.17, 15) is 19.5 Å². The molecule has 0 saturated carbocycles. The summed E-state index contributed by atoms with van der Waals surface area (Å²) in [5, 5.41) is 13.2. The van der Waals surface area contributed by atoms with E-state index in [-0.39, 0.29) is 41.4 Å². The molecule has 1 heterocycles. The predicted octanol–water partition coefficient (Wildman–Crippen LogP) is 1.24. The maximum atomic E-state index is 12.4. The van der Waals surface area contributed by atoms with Crippen molar-refractivity contribution in [1.29, 1.82) is 0 Å². The summed E-state index contributed by atoms with van der Waals surface area (Å²) in [5.41, 5.74) is 0.118.